The second-order valence-corrected chi connectivity index (χ2v) is 4.34. The number of benzene rings is 2. The number of carbonyl (C=O) groups is 1. The quantitative estimate of drug-likeness (QED) is 0.793. The van der Waals surface area contributed by atoms with Crippen molar-refractivity contribution in [3.8, 4) is 11.5 Å². The van der Waals surface area contributed by atoms with Crippen LogP contribution in [0.3, 0.4) is 0 Å². The number of rotatable bonds is 4. The summed E-state index contributed by atoms with van der Waals surface area (Å²) in [6.07, 6.45) is 0. The molecule has 104 valence electrons. The minimum Gasteiger partial charge on any atom is -0.469 e. The molecule has 0 aliphatic carbocycles. The standard InChI is InChI=1S/C16H15FO3/c1-11(16(18)19-2)14-10-13(8-9-15(14)17)20-12-6-4-3-5-7-12/h3-11H,1-2H3. The van der Waals surface area contributed by atoms with Crippen LogP contribution in [-0.2, 0) is 9.53 Å². The van der Waals surface area contributed by atoms with Crippen LogP contribution < -0.4 is 4.74 Å². The summed E-state index contributed by atoms with van der Waals surface area (Å²) in [7, 11) is 1.28. The van der Waals surface area contributed by atoms with Gasteiger partial charge in [-0.1, -0.05) is 18.2 Å². The first-order valence-corrected chi connectivity index (χ1v) is 6.22. The molecule has 0 spiro atoms. The fourth-order valence-corrected chi connectivity index (χ4v) is 1.85. The maximum Gasteiger partial charge on any atom is 0.312 e. The molecule has 0 heterocycles. The third-order valence-corrected chi connectivity index (χ3v) is 2.97. The summed E-state index contributed by atoms with van der Waals surface area (Å²) in [4.78, 5) is 11.5. The van der Waals surface area contributed by atoms with E-state index >= 15 is 0 Å². The molecule has 4 heteroatoms. The lowest BCUT2D eigenvalue weighted by Crippen LogP contribution is -2.12. The Hall–Kier alpha value is -2.36. The second-order valence-electron chi connectivity index (χ2n) is 4.34. The summed E-state index contributed by atoms with van der Waals surface area (Å²) in [6.45, 7) is 1.59. The van der Waals surface area contributed by atoms with Crippen LogP contribution in [0.25, 0.3) is 0 Å². The van der Waals surface area contributed by atoms with Crippen LogP contribution in [0.4, 0.5) is 4.39 Å². The van der Waals surface area contributed by atoms with E-state index < -0.39 is 17.7 Å². The molecule has 0 saturated heterocycles. The van der Waals surface area contributed by atoms with E-state index in [4.69, 9.17) is 4.74 Å². The Kier molecular flexibility index (Phi) is 4.35. The average Bonchev–Trinajstić information content (AvgIpc) is 2.48. The highest BCUT2D eigenvalue weighted by Gasteiger charge is 2.20. The molecule has 2 aromatic rings. The average molecular weight is 274 g/mol. The Balaban J connectivity index is 2.27. The van der Waals surface area contributed by atoms with Crippen molar-refractivity contribution in [2.75, 3.05) is 7.11 Å². The Morgan fingerprint density at radius 3 is 2.45 bits per heavy atom. The molecule has 0 aliphatic rings. The minimum atomic E-state index is -0.681. The van der Waals surface area contributed by atoms with E-state index in [1.54, 1.807) is 19.1 Å². The van der Waals surface area contributed by atoms with Gasteiger partial charge in [0.05, 0.1) is 13.0 Å². The van der Waals surface area contributed by atoms with Crippen LogP contribution in [-0.4, -0.2) is 13.1 Å². The maximum absolute atomic E-state index is 13.8. The number of carbonyl (C=O) groups excluding carboxylic acids is 1. The number of para-hydroxylation sites is 1. The van der Waals surface area contributed by atoms with E-state index in [9.17, 15) is 9.18 Å². The molecule has 1 unspecified atom stereocenters. The molecule has 0 N–H and O–H groups in total. The van der Waals surface area contributed by atoms with Gasteiger partial charge >= 0.3 is 5.97 Å². The van der Waals surface area contributed by atoms with Crippen LogP contribution in [0.5, 0.6) is 11.5 Å². The summed E-state index contributed by atoms with van der Waals surface area (Å²) in [5.74, 6) is -0.498. The van der Waals surface area contributed by atoms with Crippen molar-refractivity contribution in [1.29, 1.82) is 0 Å². The van der Waals surface area contributed by atoms with E-state index in [1.807, 2.05) is 18.2 Å². The van der Waals surface area contributed by atoms with E-state index in [-0.39, 0.29) is 5.56 Å². The largest absolute Gasteiger partial charge is 0.469 e. The van der Waals surface area contributed by atoms with Gasteiger partial charge in [-0.2, -0.15) is 0 Å². The van der Waals surface area contributed by atoms with E-state index in [0.717, 1.165) is 0 Å². The van der Waals surface area contributed by atoms with Gasteiger partial charge in [0.2, 0.25) is 0 Å². The summed E-state index contributed by atoms with van der Waals surface area (Å²) < 4.78 is 24.0. The van der Waals surface area contributed by atoms with E-state index in [1.165, 1.54) is 25.3 Å². The molecular formula is C16H15FO3. The van der Waals surface area contributed by atoms with Crippen molar-refractivity contribution in [1.82, 2.24) is 0 Å². The van der Waals surface area contributed by atoms with Gasteiger partial charge in [-0.3, -0.25) is 4.79 Å². The van der Waals surface area contributed by atoms with Gasteiger partial charge in [0.1, 0.15) is 17.3 Å². The molecule has 0 bridgehead atoms. The first-order chi connectivity index (χ1) is 9.61. The fourth-order valence-electron chi connectivity index (χ4n) is 1.85. The van der Waals surface area contributed by atoms with Gasteiger partial charge in [-0.25, -0.2) is 4.39 Å². The summed E-state index contributed by atoms with van der Waals surface area (Å²) >= 11 is 0. The van der Waals surface area contributed by atoms with Gasteiger partial charge in [0, 0.05) is 5.56 Å². The highest BCUT2D eigenvalue weighted by molar-refractivity contribution is 5.77. The van der Waals surface area contributed by atoms with Gasteiger partial charge in [-0.05, 0) is 37.3 Å². The van der Waals surface area contributed by atoms with Crippen LogP contribution in [0.2, 0.25) is 0 Å². The molecule has 0 aliphatic heterocycles. The van der Waals surface area contributed by atoms with Crippen molar-refractivity contribution in [3.05, 3.63) is 59.9 Å². The molecule has 0 fully saturated rings. The fraction of sp³-hybridized carbons (Fsp3) is 0.188. The molecule has 2 aromatic carbocycles. The second kappa shape index (κ2) is 6.19. The third-order valence-electron chi connectivity index (χ3n) is 2.97. The van der Waals surface area contributed by atoms with Crippen molar-refractivity contribution in [2.45, 2.75) is 12.8 Å². The summed E-state index contributed by atoms with van der Waals surface area (Å²) in [6, 6.07) is 13.5. The summed E-state index contributed by atoms with van der Waals surface area (Å²) in [5.41, 5.74) is 0.255. The van der Waals surface area contributed by atoms with E-state index in [2.05, 4.69) is 4.74 Å². The normalized spacial score (nSPS) is 11.8. The van der Waals surface area contributed by atoms with Gasteiger partial charge in [0.25, 0.3) is 0 Å². The predicted octanol–water partition coefficient (Wildman–Crippen LogP) is 3.89. The SMILES string of the molecule is COC(=O)C(C)c1cc(Oc2ccccc2)ccc1F. The number of hydrogen-bond acceptors (Lipinski definition) is 3. The van der Waals surface area contributed by atoms with Gasteiger partial charge in [-0.15, -0.1) is 0 Å². The lowest BCUT2D eigenvalue weighted by molar-refractivity contribution is -0.142. The van der Waals surface area contributed by atoms with Crippen LogP contribution in [0.1, 0.15) is 18.4 Å². The molecule has 20 heavy (non-hydrogen) atoms. The van der Waals surface area contributed by atoms with Crippen LogP contribution in [0.15, 0.2) is 48.5 Å². The molecular weight excluding hydrogens is 259 g/mol. The highest BCUT2D eigenvalue weighted by Crippen LogP contribution is 2.28. The zero-order valence-corrected chi connectivity index (χ0v) is 11.3. The molecule has 2 rings (SSSR count). The number of methoxy groups -OCH3 is 1. The zero-order chi connectivity index (χ0) is 14.5. The number of halogens is 1. The van der Waals surface area contributed by atoms with Crippen LogP contribution in [0, 0.1) is 5.82 Å². The Morgan fingerprint density at radius 2 is 1.80 bits per heavy atom. The number of hydrogen-bond donors (Lipinski definition) is 0. The molecule has 1 atom stereocenters. The lowest BCUT2D eigenvalue weighted by Gasteiger charge is -2.13. The Bertz CT molecular complexity index is 596. The lowest BCUT2D eigenvalue weighted by atomic mass is 10.0. The van der Waals surface area contributed by atoms with Crippen molar-refractivity contribution in [3.63, 3.8) is 0 Å². The van der Waals surface area contributed by atoms with Gasteiger partial charge in [0.15, 0.2) is 0 Å². The van der Waals surface area contributed by atoms with Crippen LogP contribution >= 0.6 is 0 Å². The monoisotopic (exact) mass is 274 g/mol. The van der Waals surface area contributed by atoms with E-state index in [0.29, 0.717) is 11.5 Å². The number of esters is 1. The van der Waals surface area contributed by atoms with Crippen molar-refractivity contribution in [2.24, 2.45) is 0 Å². The summed E-state index contributed by atoms with van der Waals surface area (Å²) in [5, 5.41) is 0. The minimum absolute atomic E-state index is 0.255. The molecule has 0 amide bonds. The maximum atomic E-state index is 13.8. The highest BCUT2D eigenvalue weighted by atomic mass is 19.1. The molecule has 3 nitrogen and oxygen atoms in total. The van der Waals surface area contributed by atoms with Crippen molar-refractivity contribution < 1.29 is 18.7 Å². The first kappa shape index (κ1) is 14.1. The Morgan fingerprint density at radius 1 is 1.10 bits per heavy atom. The van der Waals surface area contributed by atoms with Gasteiger partial charge < -0.3 is 9.47 Å². The smallest absolute Gasteiger partial charge is 0.312 e. The predicted molar refractivity (Wildman–Crippen MR) is 73.3 cm³/mol. The molecule has 0 saturated carbocycles. The topological polar surface area (TPSA) is 35.5 Å². The van der Waals surface area contributed by atoms with Crippen molar-refractivity contribution >= 4 is 5.97 Å². The zero-order valence-electron chi connectivity index (χ0n) is 11.3. The molecule has 0 aromatic heterocycles. The Labute approximate surface area is 117 Å². The molecule has 0 radical (unpaired) electrons. The number of ether oxygens (including phenoxy) is 2. The first-order valence-electron chi connectivity index (χ1n) is 6.22. The third kappa shape index (κ3) is 3.15.